The highest BCUT2D eigenvalue weighted by molar-refractivity contribution is 4.81. The first-order valence-corrected chi connectivity index (χ1v) is 5.35. The molecule has 13 heavy (non-hydrogen) atoms. The van der Waals surface area contributed by atoms with Gasteiger partial charge in [-0.25, -0.2) is 0 Å². The molecule has 2 atom stereocenters. The first-order valence-electron chi connectivity index (χ1n) is 5.35. The highest BCUT2D eigenvalue weighted by Gasteiger charge is 2.26. The van der Waals surface area contributed by atoms with Gasteiger partial charge in [-0.2, -0.15) is 0 Å². The molecular formula is C11H23NO. The highest BCUT2D eigenvalue weighted by atomic mass is 16.3. The molecule has 2 heteroatoms. The van der Waals surface area contributed by atoms with Gasteiger partial charge in [0, 0.05) is 12.6 Å². The Morgan fingerprint density at radius 1 is 1.38 bits per heavy atom. The Hall–Kier alpha value is -0.0800. The van der Waals surface area contributed by atoms with Crippen LogP contribution in [-0.2, 0) is 0 Å². The van der Waals surface area contributed by atoms with E-state index in [0.29, 0.717) is 6.04 Å². The van der Waals surface area contributed by atoms with Crippen LogP contribution in [0.4, 0.5) is 0 Å². The Morgan fingerprint density at radius 2 is 2.00 bits per heavy atom. The van der Waals surface area contributed by atoms with Crippen LogP contribution in [0.5, 0.6) is 0 Å². The minimum absolute atomic E-state index is 0.547. The summed E-state index contributed by atoms with van der Waals surface area (Å²) in [5, 5.41) is 9.71. The van der Waals surface area contributed by atoms with Crippen molar-refractivity contribution in [3.05, 3.63) is 0 Å². The average molecular weight is 185 g/mol. The van der Waals surface area contributed by atoms with Gasteiger partial charge in [0.25, 0.3) is 0 Å². The summed E-state index contributed by atoms with van der Waals surface area (Å²) in [4.78, 5) is 2.40. The molecule has 0 aromatic carbocycles. The summed E-state index contributed by atoms with van der Waals surface area (Å²) in [6, 6.07) is 0.634. The van der Waals surface area contributed by atoms with E-state index in [2.05, 4.69) is 18.7 Å². The fraction of sp³-hybridized carbons (Fsp3) is 1.00. The summed E-state index contributed by atoms with van der Waals surface area (Å²) < 4.78 is 0. The summed E-state index contributed by atoms with van der Waals surface area (Å²) in [5.74, 6) is 0.855. The minimum Gasteiger partial charge on any atom is -0.389 e. The SMILES string of the molecule is CC1CCN(CC(C)(C)O)C(C)C1. The lowest BCUT2D eigenvalue weighted by Crippen LogP contribution is -2.47. The Kier molecular flexibility index (Phi) is 3.36. The van der Waals surface area contributed by atoms with E-state index in [-0.39, 0.29) is 0 Å². The molecular weight excluding hydrogens is 162 g/mol. The van der Waals surface area contributed by atoms with Crippen LogP contribution in [0.1, 0.15) is 40.5 Å². The summed E-state index contributed by atoms with van der Waals surface area (Å²) in [6.07, 6.45) is 2.55. The average Bonchev–Trinajstić information content (AvgIpc) is 1.93. The maximum atomic E-state index is 9.71. The number of hydrogen-bond donors (Lipinski definition) is 1. The lowest BCUT2D eigenvalue weighted by molar-refractivity contribution is 0.00662. The van der Waals surface area contributed by atoms with E-state index >= 15 is 0 Å². The normalized spacial score (nSPS) is 32.1. The molecule has 1 aliphatic rings. The fourth-order valence-corrected chi connectivity index (χ4v) is 2.19. The summed E-state index contributed by atoms with van der Waals surface area (Å²) in [6.45, 7) is 10.3. The fourth-order valence-electron chi connectivity index (χ4n) is 2.19. The van der Waals surface area contributed by atoms with Gasteiger partial charge in [-0.05, 0) is 46.1 Å². The van der Waals surface area contributed by atoms with E-state index in [9.17, 15) is 5.11 Å². The topological polar surface area (TPSA) is 23.5 Å². The van der Waals surface area contributed by atoms with Crippen molar-refractivity contribution in [1.82, 2.24) is 4.90 Å². The minimum atomic E-state index is -0.547. The van der Waals surface area contributed by atoms with Gasteiger partial charge >= 0.3 is 0 Å². The Bertz CT molecular complexity index is 162. The lowest BCUT2D eigenvalue weighted by atomic mass is 9.92. The molecule has 0 radical (unpaired) electrons. The second-order valence-corrected chi connectivity index (χ2v) is 5.26. The summed E-state index contributed by atoms with van der Waals surface area (Å²) >= 11 is 0. The predicted octanol–water partition coefficient (Wildman–Crippen LogP) is 1.88. The van der Waals surface area contributed by atoms with Gasteiger partial charge < -0.3 is 5.11 Å². The predicted molar refractivity (Wildman–Crippen MR) is 55.7 cm³/mol. The van der Waals surface area contributed by atoms with Crippen LogP contribution >= 0.6 is 0 Å². The molecule has 0 aromatic heterocycles. The maximum absolute atomic E-state index is 9.71. The third kappa shape index (κ3) is 3.65. The van der Waals surface area contributed by atoms with Crippen molar-refractivity contribution >= 4 is 0 Å². The first-order chi connectivity index (χ1) is 5.88. The number of aliphatic hydroxyl groups is 1. The Labute approximate surface area is 81.9 Å². The highest BCUT2D eigenvalue weighted by Crippen LogP contribution is 2.23. The summed E-state index contributed by atoms with van der Waals surface area (Å²) in [7, 11) is 0. The van der Waals surface area contributed by atoms with Crippen LogP contribution in [0.25, 0.3) is 0 Å². The molecule has 1 aliphatic heterocycles. The zero-order valence-electron chi connectivity index (χ0n) is 9.38. The van der Waals surface area contributed by atoms with E-state index in [1.807, 2.05) is 13.8 Å². The Morgan fingerprint density at radius 3 is 2.46 bits per heavy atom. The van der Waals surface area contributed by atoms with Crippen molar-refractivity contribution in [2.45, 2.75) is 52.2 Å². The van der Waals surface area contributed by atoms with Gasteiger partial charge in [0.05, 0.1) is 5.60 Å². The molecule has 1 fully saturated rings. The number of piperidine rings is 1. The van der Waals surface area contributed by atoms with Crippen molar-refractivity contribution in [1.29, 1.82) is 0 Å². The number of β-amino-alcohol motifs (C(OH)–C–C–N with tert-alkyl or cyclic N) is 1. The van der Waals surface area contributed by atoms with E-state index in [4.69, 9.17) is 0 Å². The molecule has 1 saturated heterocycles. The van der Waals surface area contributed by atoms with Gasteiger partial charge in [-0.3, -0.25) is 4.90 Å². The van der Waals surface area contributed by atoms with E-state index in [1.165, 1.54) is 12.8 Å². The molecule has 0 aliphatic carbocycles. The number of nitrogens with zero attached hydrogens (tertiary/aromatic N) is 1. The van der Waals surface area contributed by atoms with Crippen molar-refractivity contribution < 1.29 is 5.11 Å². The van der Waals surface area contributed by atoms with Gasteiger partial charge in [0.2, 0.25) is 0 Å². The lowest BCUT2D eigenvalue weighted by Gasteiger charge is -2.39. The van der Waals surface area contributed by atoms with Crippen molar-refractivity contribution in [2.75, 3.05) is 13.1 Å². The van der Waals surface area contributed by atoms with Crippen molar-refractivity contribution in [3.8, 4) is 0 Å². The van der Waals surface area contributed by atoms with Crippen LogP contribution in [0.2, 0.25) is 0 Å². The smallest absolute Gasteiger partial charge is 0.0718 e. The molecule has 0 aromatic rings. The molecule has 1 rings (SSSR count). The van der Waals surface area contributed by atoms with Crippen LogP contribution in [0, 0.1) is 5.92 Å². The number of hydrogen-bond acceptors (Lipinski definition) is 2. The third-order valence-corrected chi connectivity index (χ3v) is 2.87. The monoisotopic (exact) mass is 185 g/mol. The molecule has 78 valence electrons. The van der Waals surface area contributed by atoms with Gasteiger partial charge in [0.15, 0.2) is 0 Å². The van der Waals surface area contributed by atoms with E-state index < -0.39 is 5.60 Å². The third-order valence-electron chi connectivity index (χ3n) is 2.87. The van der Waals surface area contributed by atoms with Crippen LogP contribution in [-0.4, -0.2) is 34.7 Å². The molecule has 1 N–H and O–H groups in total. The quantitative estimate of drug-likeness (QED) is 0.710. The molecule has 2 nitrogen and oxygen atoms in total. The Balaban J connectivity index is 2.43. The second-order valence-electron chi connectivity index (χ2n) is 5.26. The van der Waals surface area contributed by atoms with Gasteiger partial charge in [-0.15, -0.1) is 0 Å². The zero-order chi connectivity index (χ0) is 10.1. The molecule has 0 amide bonds. The largest absolute Gasteiger partial charge is 0.389 e. The molecule has 0 saturated carbocycles. The van der Waals surface area contributed by atoms with E-state index in [1.54, 1.807) is 0 Å². The van der Waals surface area contributed by atoms with Crippen LogP contribution in [0.3, 0.4) is 0 Å². The molecule has 1 heterocycles. The standard InChI is InChI=1S/C11H23NO/c1-9-5-6-12(10(2)7-9)8-11(3,4)13/h9-10,13H,5-8H2,1-4H3. The van der Waals surface area contributed by atoms with Gasteiger partial charge in [0.1, 0.15) is 0 Å². The summed E-state index contributed by atoms with van der Waals surface area (Å²) in [5.41, 5.74) is -0.547. The maximum Gasteiger partial charge on any atom is 0.0718 e. The van der Waals surface area contributed by atoms with Gasteiger partial charge in [-0.1, -0.05) is 6.92 Å². The molecule has 2 unspecified atom stereocenters. The molecule has 0 spiro atoms. The van der Waals surface area contributed by atoms with E-state index in [0.717, 1.165) is 19.0 Å². The van der Waals surface area contributed by atoms with Crippen LogP contribution in [0.15, 0.2) is 0 Å². The van der Waals surface area contributed by atoms with Crippen LogP contribution < -0.4 is 0 Å². The van der Waals surface area contributed by atoms with Crippen molar-refractivity contribution in [3.63, 3.8) is 0 Å². The first kappa shape index (κ1) is 11.0. The second kappa shape index (κ2) is 3.97. The van der Waals surface area contributed by atoms with Crippen molar-refractivity contribution in [2.24, 2.45) is 5.92 Å². The molecule has 0 bridgehead atoms. The zero-order valence-corrected chi connectivity index (χ0v) is 9.38. The number of likely N-dealkylation sites (tertiary alicyclic amines) is 1. The number of rotatable bonds is 2.